The lowest BCUT2D eigenvalue weighted by Crippen LogP contribution is -2.28. The predicted octanol–water partition coefficient (Wildman–Crippen LogP) is 3.16. The SMILES string of the molecule is CC(C)N(C)c1nc2[nH]c(C(=O)O)cc2nc1C1CCCC1. The fourth-order valence-corrected chi connectivity index (χ4v) is 3.04. The van der Waals surface area contributed by atoms with Gasteiger partial charge >= 0.3 is 5.97 Å². The molecule has 0 aromatic carbocycles. The van der Waals surface area contributed by atoms with Crippen LogP contribution in [0.5, 0.6) is 0 Å². The van der Waals surface area contributed by atoms with E-state index in [0.29, 0.717) is 23.1 Å². The van der Waals surface area contributed by atoms with E-state index in [2.05, 4.69) is 28.7 Å². The highest BCUT2D eigenvalue weighted by molar-refractivity contribution is 5.91. The van der Waals surface area contributed by atoms with Crippen LogP contribution in [0.4, 0.5) is 5.82 Å². The molecule has 0 aliphatic heterocycles. The zero-order chi connectivity index (χ0) is 15.9. The van der Waals surface area contributed by atoms with Gasteiger partial charge in [0.25, 0.3) is 0 Å². The molecule has 118 valence electrons. The highest BCUT2D eigenvalue weighted by Gasteiger charge is 2.26. The smallest absolute Gasteiger partial charge is 0.352 e. The highest BCUT2D eigenvalue weighted by Crippen LogP contribution is 2.38. The number of aromatic nitrogens is 3. The lowest BCUT2D eigenvalue weighted by Gasteiger charge is -2.26. The van der Waals surface area contributed by atoms with Gasteiger partial charge < -0.3 is 15.0 Å². The number of hydrogen-bond donors (Lipinski definition) is 2. The zero-order valence-electron chi connectivity index (χ0n) is 13.3. The van der Waals surface area contributed by atoms with Gasteiger partial charge in [-0.15, -0.1) is 0 Å². The predicted molar refractivity (Wildman–Crippen MR) is 85.6 cm³/mol. The quantitative estimate of drug-likeness (QED) is 0.906. The van der Waals surface area contributed by atoms with Gasteiger partial charge in [0.15, 0.2) is 11.5 Å². The van der Waals surface area contributed by atoms with Crippen LogP contribution in [0.2, 0.25) is 0 Å². The summed E-state index contributed by atoms with van der Waals surface area (Å²) in [6.07, 6.45) is 4.72. The van der Waals surface area contributed by atoms with Crippen molar-refractivity contribution in [2.24, 2.45) is 0 Å². The molecule has 0 amide bonds. The Balaban J connectivity index is 2.15. The Morgan fingerprint density at radius 1 is 1.36 bits per heavy atom. The first kappa shape index (κ1) is 14.8. The molecule has 22 heavy (non-hydrogen) atoms. The molecule has 0 spiro atoms. The standard InChI is InChI=1S/C16H22N4O2/c1-9(2)20(3)15-13(10-6-4-5-7-10)17-11-8-12(16(21)22)18-14(11)19-15/h8-10H,4-7H2,1-3H3,(H,18,19)(H,21,22). The summed E-state index contributed by atoms with van der Waals surface area (Å²) in [6.45, 7) is 4.23. The lowest BCUT2D eigenvalue weighted by molar-refractivity contribution is 0.0691. The van der Waals surface area contributed by atoms with Gasteiger partial charge in [-0.05, 0) is 32.8 Å². The Bertz CT molecular complexity index is 662. The van der Waals surface area contributed by atoms with Gasteiger partial charge in [0, 0.05) is 19.0 Å². The van der Waals surface area contributed by atoms with Crippen LogP contribution >= 0.6 is 0 Å². The van der Waals surface area contributed by atoms with Crippen LogP contribution in [0.15, 0.2) is 6.07 Å². The molecular weight excluding hydrogens is 280 g/mol. The molecule has 0 saturated heterocycles. The molecule has 3 rings (SSSR count). The van der Waals surface area contributed by atoms with Crippen molar-refractivity contribution < 1.29 is 9.90 Å². The second-order valence-corrected chi connectivity index (χ2v) is 6.34. The lowest BCUT2D eigenvalue weighted by atomic mass is 10.0. The van der Waals surface area contributed by atoms with Crippen molar-refractivity contribution >= 4 is 23.0 Å². The van der Waals surface area contributed by atoms with Crippen molar-refractivity contribution in [3.8, 4) is 0 Å². The van der Waals surface area contributed by atoms with E-state index < -0.39 is 5.97 Å². The average Bonchev–Trinajstić information content (AvgIpc) is 3.13. The van der Waals surface area contributed by atoms with Crippen LogP contribution in [0.1, 0.15) is 61.6 Å². The molecule has 1 aliphatic carbocycles. The van der Waals surface area contributed by atoms with Crippen molar-refractivity contribution in [2.75, 3.05) is 11.9 Å². The number of carbonyl (C=O) groups is 1. The first-order valence-corrected chi connectivity index (χ1v) is 7.84. The van der Waals surface area contributed by atoms with Crippen molar-refractivity contribution in [1.82, 2.24) is 15.0 Å². The summed E-state index contributed by atoms with van der Waals surface area (Å²) in [7, 11) is 2.01. The summed E-state index contributed by atoms with van der Waals surface area (Å²) in [4.78, 5) is 25.6. The fourth-order valence-electron chi connectivity index (χ4n) is 3.04. The monoisotopic (exact) mass is 302 g/mol. The summed E-state index contributed by atoms with van der Waals surface area (Å²) in [5.74, 6) is 0.311. The molecule has 1 fully saturated rings. The number of aromatic amines is 1. The number of nitrogens with zero attached hydrogens (tertiary/aromatic N) is 3. The second-order valence-electron chi connectivity index (χ2n) is 6.34. The largest absolute Gasteiger partial charge is 0.477 e. The van der Waals surface area contributed by atoms with Gasteiger partial charge in [0.1, 0.15) is 11.2 Å². The van der Waals surface area contributed by atoms with Gasteiger partial charge in [0.05, 0.1) is 5.69 Å². The Hall–Kier alpha value is -2.11. The van der Waals surface area contributed by atoms with Gasteiger partial charge in [-0.1, -0.05) is 12.8 Å². The van der Waals surface area contributed by atoms with Crippen molar-refractivity contribution in [2.45, 2.75) is 51.5 Å². The van der Waals surface area contributed by atoms with E-state index in [1.54, 1.807) is 6.07 Å². The number of H-pyrrole nitrogens is 1. The Morgan fingerprint density at radius 3 is 2.64 bits per heavy atom. The van der Waals surface area contributed by atoms with Crippen molar-refractivity contribution in [1.29, 1.82) is 0 Å². The number of hydrogen-bond acceptors (Lipinski definition) is 4. The maximum absolute atomic E-state index is 11.1. The van der Waals surface area contributed by atoms with E-state index in [1.165, 1.54) is 12.8 Å². The molecule has 0 atom stereocenters. The van der Waals surface area contributed by atoms with Crippen LogP contribution in [-0.4, -0.2) is 39.1 Å². The van der Waals surface area contributed by atoms with Crippen LogP contribution in [0.25, 0.3) is 11.2 Å². The molecule has 0 radical (unpaired) electrons. The van der Waals surface area contributed by atoms with Gasteiger partial charge in [-0.2, -0.15) is 0 Å². The maximum Gasteiger partial charge on any atom is 0.352 e. The highest BCUT2D eigenvalue weighted by atomic mass is 16.4. The number of rotatable bonds is 4. The molecule has 2 aromatic rings. The normalized spacial score (nSPS) is 15.8. The van der Waals surface area contributed by atoms with Crippen LogP contribution in [-0.2, 0) is 0 Å². The minimum absolute atomic E-state index is 0.136. The third-order valence-electron chi connectivity index (χ3n) is 4.55. The molecule has 0 unspecified atom stereocenters. The van der Waals surface area contributed by atoms with E-state index >= 15 is 0 Å². The van der Waals surface area contributed by atoms with E-state index in [9.17, 15) is 4.79 Å². The number of carboxylic acids is 1. The zero-order valence-corrected chi connectivity index (χ0v) is 13.3. The summed E-state index contributed by atoms with van der Waals surface area (Å²) in [5, 5.41) is 9.14. The number of fused-ring (bicyclic) bond motifs is 1. The number of aromatic carboxylic acids is 1. The Kier molecular flexibility index (Phi) is 3.76. The molecule has 2 heterocycles. The third-order valence-corrected chi connectivity index (χ3v) is 4.55. The molecule has 0 bridgehead atoms. The van der Waals surface area contributed by atoms with Gasteiger partial charge in [-0.25, -0.2) is 14.8 Å². The molecule has 6 nitrogen and oxygen atoms in total. The molecule has 1 saturated carbocycles. The first-order valence-electron chi connectivity index (χ1n) is 7.84. The minimum atomic E-state index is -0.985. The first-order chi connectivity index (χ1) is 10.5. The Morgan fingerprint density at radius 2 is 2.05 bits per heavy atom. The van der Waals surface area contributed by atoms with E-state index in [0.717, 1.165) is 24.4 Å². The second kappa shape index (κ2) is 5.59. The van der Waals surface area contributed by atoms with E-state index in [4.69, 9.17) is 10.1 Å². The molecule has 2 N–H and O–H groups in total. The summed E-state index contributed by atoms with van der Waals surface area (Å²) in [6, 6.07) is 1.88. The summed E-state index contributed by atoms with van der Waals surface area (Å²) in [5.41, 5.74) is 2.33. The van der Waals surface area contributed by atoms with Crippen molar-refractivity contribution in [3.05, 3.63) is 17.5 Å². The number of anilines is 1. The number of carboxylic acid groups (broad SMARTS) is 1. The van der Waals surface area contributed by atoms with Crippen LogP contribution < -0.4 is 4.90 Å². The molecule has 2 aromatic heterocycles. The summed E-state index contributed by atoms with van der Waals surface area (Å²) >= 11 is 0. The maximum atomic E-state index is 11.1. The third kappa shape index (κ3) is 2.53. The van der Waals surface area contributed by atoms with E-state index in [1.807, 2.05) is 7.05 Å². The van der Waals surface area contributed by atoms with Gasteiger partial charge in [-0.3, -0.25) is 0 Å². The Labute approximate surface area is 129 Å². The van der Waals surface area contributed by atoms with Gasteiger partial charge in [0.2, 0.25) is 0 Å². The average molecular weight is 302 g/mol. The van der Waals surface area contributed by atoms with Crippen LogP contribution in [0.3, 0.4) is 0 Å². The number of nitrogens with one attached hydrogen (secondary N) is 1. The van der Waals surface area contributed by atoms with Crippen LogP contribution in [0, 0.1) is 0 Å². The fraction of sp³-hybridized carbons (Fsp3) is 0.562. The summed E-state index contributed by atoms with van der Waals surface area (Å²) < 4.78 is 0. The van der Waals surface area contributed by atoms with Crippen molar-refractivity contribution in [3.63, 3.8) is 0 Å². The van der Waals surface area contributed by atoms with E-state index in [-0.39, 0.29) is 5.69 Å². The molecule has 1 aliphatic rings. The minimum Gasteiger partial charge on any atom is -0.477 e. The molecular formula is C16H22N4O2. The molecule has 6 heteroatoms. The topological polar surface area (TPSA) is 82.1 Å².